The minimum atomic E-state index is -2.42. The summed E-state index contributed by atoms with van der Waals surface area (Å²) in [4.78, 5) is 0. The Kier molecular flexibility index (Phi) is 18.0. The third-order valence-corrected chi connectivity index (χ3v) is 8.30. The van der Waals surface area contributed by atoms with Crippen molar-refractivity contribution in [2.24, 2.45) is 0 Å². The molecule has 0 heterocycles. The summed E-state index contributed by atoms with van der Waals surface area (Å²) in [5.74, 6) is 0. The van der Waals surface area contributed by atoms with Crippen LogP contribution in [0.4, 0.5) is 0 Å². The molecule has 0 N–H and O–H groups in total. The van der Waals surface area contributed by atoms with E-state index in [4.69, 9.17) is 0 Å². The Morgan fingerprint density at radius 2 is 1.03 bits per heavy atom. The maximum Gasteiger partial charge on any atom is 0.378 e. The van der Waals surface area contributed by atoms with Crippen LogP contribution in [0.3, 0.4) is 0 Å². The molecule has 0 aliphatic heterocycles. The maximum absolute atomic E-state index is 12.1. The first-order chi connectivity index (χ1) is 14.3. The minimum absolute atomic E-state index is 0.520. The van der Waals surface area contributed by atoms with Crippen LogP contribution in [0.15, 0.2) is 12.2 Å². The van der Waals surface area contributed by atoms with E-state index in [2.05, 4.69) is 26.0 Å². The van der Waals surface area contributed by atoms with Gasteiger partial charge in [0.05, 0.1) is 21.1 Å². The van der Waals surface area contributed by atoms with Crippen LogP contribution in [0.25, 0.3) is 0 Å². The van der Waals surface area contributed by atoms with E-state index < -0.39 is 13.0 Å². The van der Waals surface area contributed by atoms with Crippen molar-refractivity contribution in [2.75, 3.05) is 21.1 Å². The largest absolute Gasteiger partial charge is 0.378 e. The zero-order valence-electron chi connectivity index (χ0n) is 21.1. The second-order valence-electron chi connectivity index (χ2n) is 10.0. The molecule has 0 saturated carbocycles. The monoisotopic (exact) mass is 442 g/mol. The summed E-state index contributed by atoms with van der Waals surface area (Å²) in [7, 11) is 3.67. The first-order valence-corrected chi connectivity index (χ1v) is 14.1. The molecular weight excluding hydrogens is 389 g/mol. The van der Waals surface area contributed by atoms with Crippen molar-refractivity contribution < 1.29 is 13.6 Å². The van der Waals surface area contributed by atoms with E-state index >= 15 is 0 Å². The number of nitrogens with zero attached hydrogens (tertiary/aromatic N) is 1. The van der Waals surface area contributed by atoms with Gasteiger partial charge in [-0.3, -0.25) is 0 Å². The molecule has 1 atom stereocenters. The third kappa shape index (κ3) is 13.1. The highest BCUT2D eigenvalue weighted by molar-refractivity contribution is 7.32. The van der Waals surface area contributed by atoms with E-state index in [-0.39, 0.29) is 0 Å². The van der Waals surface area contributed by atoms with Crippen molar-refractivity contribution in [3.63, 3.8) is 0 Å². The van der Waals surface area contributed by atoms with Crippen LogP contribution in [0.5, 0.6) is 0 Å². The lowest BCUT2D eigenvalue weighted by molar-refractivity contribution is -0.908. The second-order valence-corrected chi connectivity index (χ2v) is 11.4. The Hall–Kier alpha value is -0.400. The van der Waals surface area contributed by atoms with Crippen molar-refractivity contribution in [1.82, 2.24) is 0 Å². The van der Waals surface area contributed by atoms with E-state index in [0.717, 1.165) is 32.1 Å². The normalized spacial score (nSPS) is 14.3. The zero-order chi connectivity index (χ0) is 22.7. The van der Waals surface area contributed by atoms with Gasteiger partial charge in [-0.25, -0.2) is 9.13 Å². The molecule has 0 rings (SSSR count). The summed E-state index contributed by atoms with van der Waals surface area (Å²) in [5.41, 5.74) is 0. The fourth-order valence-corrected chi connectivity index (χ4v) is 5.69. The van der Waals surface area contributed by atoms with Crippen molar-refractivity contribution in [3.05, 3.63) is 12.2 Å². The van der Waals surface area contributed by atoms with Gasteiger partial charge in [-0.2, -0.15) is 0 Å². The van der Waals surface area contributed by atoms with Crippen molar-refractivity contribution in [1.29, 1.82) is 0 Å². The van der Waals surface area contributed by atoms with Crippen LogP contribution < -0.4 is 0 Å². The van der Waals surface area contributed by atoms with Gasteiger partial charge in [0.1, 0.15) is 0 Å². The van der Waals surface area contributed by atoms with Gasteiger partial charge in [-0.15, -0.1) is 0 Å². The summed E-state index contributed by atoms with van der Waals surface area (Å²) in [6.45, 7) is 4.36. The Morgan fingerprint density at radius 3 is 1.43 bits per heavy atom. The molecule has 0 radical (unpaired) electrons. The lowest BCUT2D eigenvalue weighted by Gasteiger charge is -2.41. The number of hydrogen-bond acceptors (Lipinski definition) is 2. The number of hydrogen-bond donors (Lipinski definition) is 0. The molecule has 0 aromatic rings. The number of unbranched alkanes of at least 4 members (excludes halogenated alkanes) is 13. The molecule has 0 aromatic carbocycles. The van der Waals surface area contributed by atoms with E-state index in [0.29, 0.717) is 4.48 Å². The summed E-state index contributed by atoms with van der Waals surface area (Å²) >= 11 is 0. The standard InChI is InChI=1S/C26H53NO2P/c1-6-8-9-10-11-12-13-14-15-16-17-18-19-20-21-22-23-25-26(24-7-2,30(28)29)27(3,4)5/h14-15H,6-13,16-25H2,1-5H3/q+1. The van der Waals surface area contributed by atoms with E-state index in [1.807, 2.05) is 21.1 Å². The number of rotatable bonds is 21. The SMILES string of the molecule is CCCCCCCCC=CCCCCCCCCCC(CCC)(P(=O)=O)[N+](C)(C)C. The average molecular weight is 443 g/mol. The third-order valence-electron chi connectivity index (χ3n) is 6.58. The fourth-order valence-electron chi connectivity index (χ4n) is 4.46. The van der Waals surface area contributed by atoms with Gasteiger partial charge < -0.3 is 4.48 Å². The van der Waals surface area contributed by atoms with Gasteiger partial charge >= 0.3 is 7.68 Å². The van der Waals surface area contributed by atoms with Crippen LogP contribution in [0.2, 0.25) is 0 Å². The van der Waals surface area contributed by atoms with E-state index in [9.17, 15) is 9.13 Å². The minimum Gasteiger partial charge on any atom is -0.314 e. The highest BCUT2D eigenvalue weighted by Crippen LogP contribution is 2.44. The van der Waals surface area contributed by atoms with Crippen LogP contribution in [0, 0.1) is 0 Å². The topological polar surface area (TPSA) is 34.1 Å². The Balaban J connectivity index is 3.72. The molecular formula is C26H53NO2P+. The van der Waals surface area contributed by atoms with Gasteiger partial charge in [-0.05, 0) is 38.5 Å². The van der Waals surface area contributed by atoms with Crippen LogP contribution in [0.1, 0.15) is 129 Å². The van der Waals surface area contributed by atoms with Gasteiger partial charge in [0, 0.05) is 12.8 Å². The molecule has 0 fully saturated rings. The molecule has 178 valence electrons. The van der Waals surface area contributed by atoms with Gasteiger partial charge in [0.25, 0.3) is 0 Å². The first-order valence-electron chi connectivity index (χ1n) is 12.9. The molecule has 0 saturated heterocycles. The molecule has 0 aliphatic rings. The Morgan fingerprint density at radius 1 is 0.600 bits per heavy atom. The summed E-state index contributed by atoms with van der Waals surface area (Å²) in [5, 5.41) is -0.591. The molecule has 0 aromatic heterocycles. The van der Waals surface area contributed by atoms with Crippen LogP contribution in [-0.2, 0) is 9.13 Å². The van der Waals surface area contributed by atoms with Crippen molar-refractivity contribution in [2.45, 2.75) is 135 Å². The quantitative estimate of drug-likeness (QED) is 0.0768. The van der Waals surface area contributed by atoms with E-state index in [1.165, 1.54) is 83.5 Å². The van der Waals surface area contributed by atoms with E-state index in [1.54, 1.807) is 0 Å². The molecule has 0 aliphatic carbocycles. The van der Waals surface area contributed by atoms with Crippen molar-refractivity contribution in [3.8, 4) is 0 Å². The van der Waals surface area contributed by atoms with Crippen LogP contribution >= 0.6 is 7.68 Å². The molecule has 30 heavy (non-hydrogen) atoms. The molecule has 0 bridgehead atoms. The molecule has 3 nitrogen and oxygen atoms in total. The summed E-state index contributed by atoms with van der Waals surface area (Å²) in [6, 6.07) is 0. The average Bonchev–Trinajstić information content (AvgIpc) is 2.68. The second kappa shape index (κ2) is 18.2. The van der Waals surface area contributed by atoms with Gasteiger partial charge in [-0.1, -0.05) is 90.2 Å². The fraction of sp³-hybridized carbons (Fsp3) is 0.923. The predicted molar refractivity (Wildman–Crippen MR) is 133 cm³/mol. The number of quaternary nitrogens is 1. The highest BCUT2D eigenvalue weighted by atomic mass is 31.1. The van der Waals surface area contributed by atoms with Crippen molar-refractivity contribution >= 4 is 7.68 Å². The molecule has 0 amide bonds. The smallest absolute Gasteiger partial charge is 0.314 e. The van der Waals surface area contributed by atoms with Gasteiger partial charge in [0.2, 0.25) is 5.28 Å². The molecule has 4 heteroatoms. The summed E-state index contributed by atoms with van der Waals surface area (Å²) < 4.78 is 24.7. The predicted octanol–water partition coefficient (Wildman–Crippen LogP) is 9.18. The Bertz CT molecular complexity index is 486. The molecule has 1 unspecified atom stereocenters. The first kappa shape index (κ1) is 29.6. The summed E-state index contributed by atoms with van der Waals surface area (Å²) in [6.07, 6.45) is 26.7. The zero-order valence-corrected chi connectivity index (χ0v) is 22.0. The highest BCUT2D eigenvalue weighted by Gasteiger charge is 2.47. The number of allylic oxidation sites excluding steroid dienone is 2. The maximum atomic E-state index is 12.1. The lowest BCUT2D eigenvalue weighted by Crippen LogP contribution is -2.53. The van der Waals surface area contributed by atoms with Gasteiger partial charge in [0.15, 0.2) is 0 Å². The lowest BCUT2D eigenvalue weighted by atomic mass is 9.99. The van der Waals surface area contributed by atoms with Crippen LogP contribution in [-0.4, -0.2) is 30.9 Å². The Labute approximate surface area is 189 Å². The molecule has 0 spiro atoms.